The smallest absolute Gasteiger partial charge is 0.255 e. The number of para-hydroxylation sites is 3. The predicted octanol–water partition coefficient (Wildman–Crippen LogP) is 6.78. The Bertz CT molecular complexity index is 1140. The third-order valence-corrected chi connectivity index (χ3v) is 4.58. The molecule has 0 aromatic heterocycles. The molecule has 0 bridgehead atoms. The number of carbonyl (C=O) groups is 1. The van der Waals surface area contributed by atoms with Crippen molar-refractivity contribution < 1.29 is 9.53 Å². The highest BCUT2D eigenvalue weighted by molar-refractivity contribution is 6.06. The molecule has 0 spiro atoms. The summed E-state index contributed by atoms with van der Waals surface area (Å²) in [5, 5.41) is 6.35. The van der Waals surface area contributed by atoms with E-state index < -0.39 is 0 Å². The molecule has 4 heteroatoms. The molecule has 30 heavy (non-hydrogen) atoms. The number of ether oxygens (including phenoxy) is 1. The number of nitrogens with one attached hydrogen (secondary N) is 2. The van der Waals surface area contributed by atoms with E-state index >= 15 is 0 Å². The van der Waals surface area contributed by atoms with Crippen molar-refractivity contribution in [2.75, 3.05) is 10.6 Å². The molecule has 0 unspecified atom stereocenters. The number of rotatable bonds is 6. The van der Waals surface area contributed by atoms with Gasteiger partial charge in [-0.3, -0.25) is 4.79 Å². The number of aryl methyl sites for hydroxylation is 1. The molecule has 0 aliphatic carbocycles. The minimum absolute atomic E-state index is 0.202. The molecule has 0 aliphatic heterocycles. The lowest BCUT2D eigenvalue weighted by Crippen LogP contribution is -2.13. The second kappa shape index (κ2) is 8.97. The fourth-order valence-corrected chi connectivity index (χ4v) is 3.01. The van der Waals surface area contributed by atoms with Crippen molar-refractivity contribution in [1.29, 1.82) is 0 Å². The van der Waals surface area contributed by atoms with Crippen LogP contribution in [0.15, 0.2) is 103 Å². The standard InChI is InChI=1S/C26H22N2O2/c1-19-14-16-21(17-15-19)27-24-12-5-6-13-25(24)28-26(29)20-8-7-11-23(18-20)30-22-9-3-2-4-10-22/h2-18,27H,1H3,(H,28,29). The minimum Gasteiger partial charge on any atom is -0.457 e. The Morgan fingerprint density at radius 1 is 0.700 bits per heavy atom. The minimum atomic E-state index is -0.202. The summed E-state index contributed by atoms with van der Waals surface area (Å²) in [6.45, 7) is 2.05. The molecule has 0 saturated carbocycles. The molecular weight excluding hydrogens is 372 g/mol. The van der Waals surface area contributed by atoms with Crippen LogP contribution in [0.5, 0.6) is 11.5 Å². The maximum absolute atomic E-state index is 12.9. The SMILES string of the molecule is Cc1ccc(Nc2ccccc2NC(=O)c2cccc(Oc3ccccc3)c2)cc1. The van der Waals surface area contributed by atoms with E-state index in [0.717, 1.165) is 17.1 Å². The van der Waals surface area contributed by atoms with Gasteiger partial charge in [0.05, 0.1) is 11.4 Å². The number of hydrogen-bond acceptors (Lipinski definition) is 3. The van der Waals surface area contributed by atoms with Crippen molar-refractivity contribution in [3.05, 3.63) is 114 Å². The molecule has 0 radical (unpaired) electrons. The molecule has 0 aliphatic rings. The molecule has 0 saturated heterocycles. The molecule has 4 nitrogen and oxygen atoms in total. The van der Waals surface area contributed by atoms with Gasteiger partial charge >= 0.3 is 0 Å². The Balaban J connectivity index is 1.50. The van der Waals surface area contributed by atoms with Gasteiger partial charge in [-0.25, -0.2) is 0 Å². The van der Waals surface area contributed by atoms with Crippen molar-refractivity contribution in [1.82, 2.24) is 0 Å². The molecule has 2 N–H and O–H groups in total. The molecular formula is C26H22N2O2. The van der Waals surface area contributed by atoms with Gasteiger partial charge in [-0.2, -0.15) is 0 Å². The first kappa shape index (κ1) is 19.3. The van der Waals surface area contributed by atoms with Crippen LogP contribution in [-0.4, -0.2) is 5.91 Å². The van der Waals surface area contributed by atoms with Crippen LogP contribution in [0.4, 0.5) is 17.1 Å². The lowest BCUT2D eigenvalue weighted by Gasteiger charge is -2.14. The Hall–Kier alpha value is -4.05. The molecule has 4 aromatic carbocycles. The number of amides is 1. The normalized spacial score (nSPS) is 10.3. The van der Waals surface area contributed by atoms with Gasteiger partial charge in [-0.15, -0.1) is 0 Å². The van der Waals surface area contributed by atoms with Crippen LogP contribution in [0.25, 0.3) is 0 Å². The fraction of sp³-hybridized carbons (Fsp3) is 0.0385. The summed E-state index contributed by atoms with van der Waals surface area (Å²) in [6.07, 6.45) is 0. The average molecular weight is 394 g/mol. The lowest BCUT2D eigenvalue weighted by atomic mass is 10.1. The summed E-state index contributed by atoms with van der Waals surface area (Å²) < 4.78 is 5.84. The summed E-state index contributed by atoms with van der Waals surface area (Å²) in [5.41, 5.74) is 4.21. The molecule has 0 heterocycles. The topological polar surface area (TPSA) is 50.4 Å². The second-order valence-electron chi connectivity index (χ2n) is 6.93. The van der Waals surface area contributed by atoms with Crippen LogP contribution in [0.3, 0.4) is 0 Å². The van der Waals surface area contributed by atoms with Gasteiger partial charge in [-0.1, -0.05) is 54.1 Å². The van der Waals surface area contributed by atoms with Crippen LogP contribution in [0.2, 0.25) is 0 Å². The number of benzene rings is 4. The lowest BCUT2D eigenvalue weighted by molar-refractivity contribution is 0.102. The maximum Gasteiger partial charge on any atom is 0.255 e. The van der Waals surface area contributed by atoms with Gasteiger partial charge in [0, 0.05) is 11.3 Å². The highest BCUT2D eigenvalue weighted by Crippen LogP contribution is 2.27. The van der Waals surface area contributed by atoms with Crippen LogP contribution >= 0.6 is 0 Å². The van der Waals surface area contributed by atoms with E-state index in [1.807, 2.05) is 97.9 Å². The Labute approximate surface area is 176 Å². The monoisotopic (exact) mass is 394 g/mol. The number of carbonyl (C=O) groups excluding carboxylic acids is 1. The maximum atomic E-state index is 12.9. The number of hydrogen-bond donors (Lipinski definition) is 2. The van der Waals surface area contributed by atoms with Gasteiger partial charge < -0.3 is 15.4 Å². The Morgan fingerprint density at radius 2 is 1.37 bits per heavy atom. The van der Waals surface area contributed by atoms with Crippen LogP contribution < -0.4 is 15.4 Å². The highest BCUT2D eigenvalue weighted by atomic mass is 16.5. The predicted molar refractivity (Wildman–Crippen MR) is 122 cm³/mol. The third kappa shape index (κ3) is 4.86. The molecule has 0 fully saturated rings. The largest absolute Gasteiger partial charge is 0.457 e. The van der Waals surface area contributed by atoms with Gasteiger partial charge in [0.15, 0.2) is 0 Å². The summed E-state index contributed by atoms with van der Waals surface area (Å²) in [6, 6.07) is 32.4. The quantitative estimate of drug-likeness (QED) is 0.379. The van der Waals surface area contributed by atoms with Crippen molar-refractivity contribution in [3.63, 3.8) is 0 Å². The van der Waals surface area contributed by atoms with E-state index in [9.17, 15) is 4.79 Å². The zero-order valence-corrected chi connectivity index (χ0v) is 16.6. The molecule has 148 valence electrons. The van der Waals surface area contributed by atoms with Crippen molar-refractivity contribution in [2.24, 2.45) is 0 Å². The van der Waals surface area contributed by atoms with Crippen molar-refractivity contribution in [3.8, 4) is 11.5 Å². The van der Waals surface area contributed by atoms with E-state index in [1.165, 1.54) is 5.56 Å². The van der Waals surface area contributed by atoms with E-state index in [1.54, 1.807) is 12.1 Å². The van der Waals surface area contributed by atoms with E-state index in [4.69, 9.17) is 4.74 Å². The van der Waals surface area contributed by atoms with Crippen LogP contribution in [0, 0.1) is 6.92 Å². The summed E-state index contributed by atoms with van der Waals surface area (Å²) >= 11 is 0. The van der Waals surface area contributed by atoms with Crippen molar-refractivity contribution >= 4 is 23.0 Å². The summed E-state index contributed by atoms with van der Waals surface area (Å²) in [4.78, 5) is 12.9. The van der Waals surface area contributed by atoms with Crippen LogP contribution in [-0.2, 0) is 0 Å². The second-order valence-corrected chi connectivity index (χ2v) is 6.93. The van der Waals surface area contributed by atoms with Crippen LogP contribution in [0.1, 0.15) is 15.9 Å². The highest BCUT2D eigenvalue weighted by Gasteiger charge is 2.10. The zero-order chi connectivity index (χ0) is 20.8. The Kier molecular flexibility index (Phi) is 5.76. The third-order valence-electron chi connectivity index (χ3n) is 4.58. The summed E-state index contributed by atoms with van der Waals surface area (Å²) in [5.74, 6) is 1.13. The van der Waals surface area contributed by atoms with E-state index in [-0.39, 0.29) is 5.91 Å². The van der Waals surface area contributed by atoms with Crippen molar-refractivity contribution in [2.45, 2.75) is 6.92 Å². The van der Waals surface area contributed by atoms with Gasteiger partial charge in [0.25, 0.3) is 5.91 Å². The van der Waals surface area contributed by atoms with Gasteiger partial charge in [0.1, 0.15) is 11.5 Å². The average Bonchev–Trinajstić information content (AvgIpc) is 2.77. The van der Waals surface area contributed by atoms with Gasteiger partial charge in [0.2, 0.25) is 0 Å². The first-order valence-electron chi connectivity index (χ1n) is 9.74. The first-order chi connectivity index (χ1) is 14.7. The molecule has 4 aromatic rings. The fourth-order valence-electron chi connectivity index (χ4n) is 3.01. The van der Waals surface area contributed by atoms with E-state index in [0.29, 0.717) is 17.0 Å². The zero-order valence-electron chi connectivity index (χ0n) is 16.6. The van der Waals surface area contributed by atoms with E-state index in [2.05, 4.69) is 10.6 Å². The molecule has 1 amide bonds. The number of anilines is 3. The Morgan fingerprint density at radius 3 is 2.13 bits per heavy atom. The first-order valence-corrected chi connectivity index (χ1v) is 9.74. The summed E-state index contributed by atoms with van der Waals surface area (Å²) in [7, 11) is 0. The molecule has 4 rings (SSSR count). The molecule has 0 atom stereocenters. The van der Waals surface area contributed by atoms with Gasteiger partial charge in [-0.05, 0) is 61.5 Å².